The molecule has 21 heavy (non-hydrogen) atoms. The predicted octanol–water partition coefficient (Wildman–Crippen LogP) is 1.80. The van der Waals surface area contributed by atoms with Gasteiger partial charge < -0.3 is 14.7 Å². The van der Waals surface area contributed by atoms with Gasteiger partial charge in [-0.05, 0) is 44.5 Å². The van der Waals surface area contributed by atoms with Gasteiger partial charge in [-0.3, -0.25) is 0 Å². The Balaban J connectivity index is 1.84. The number of rotatable bonds is 0. The number of piperidine rings is 1. The molecule has 2 aliphatic heterocycles. The first-order valence-electron chi connectivity index (χ1n) is 7.99. The third-order valence-electron chi connectivity index (χ3n) is 6.37. The highest BCUT2D eigenvalue weighted by molar-refractivity contribution is 5.59. The normalized spacial score (nSPS) is 42.6. The molecule has 1 aromatic rings. The molecular formula is C18H21NO2. The summed E-state index contributed by atoms with van der Waals surface area (Å²) in [6, 6.07) is 5.00. The molecule has 2 aliphatic carbocycles. The maximum Gasteiger partial charge on any atom is 0.138 e. The lowest BCUT2D eigenvalue weighted by molar-refractivity contribution is -0.0451. The van der Waals surface area contributed by atoms with Crippen molar-refractivity contribution in [2.24, 2.45) is 5.92 Å². The predicted molar refractivity (Wildman–Crippen MR) is 80.6 cm³/mol. The van der Waals surface area contributed by atoms with E-state index in [4.69, 9.17) is 4.74 Å². The lowest BCUT2D eigenvalue weighted by Crippen LogP contribution is -2.64. The average molecular weight is 283 g/mol. The van der Waals surface area contributed by atoms with Gasteiger partial charge in [0.05, 0.1) is 0 Å². The summed E-state index contributed by atoms with van der Waals surface area (Å²) in [5.74, 6) is 1.54. The van der Waals surface area contributed by atoms with Crippen LogP contribution in [0.4, 0.5) is 0 Å². The minimum absolute atomic E-state index is 0.000278. The first-order valence-corrected chi connectivity index (χ1v) is 7.99. The van der Waals surface area contributed by atoms with Gasteiger partial charge in [0.2, 0.25) is 0 Å². The molecule has 1 spiro atoms. The van der Waals surface area contributed by atoms with Gasteiger partial charge in [-0.15, -0.1) is 0 Å². The number of benzene rings is 1. The van der Waals surface area contributed by atoms with Crippen molar-refractivity contribution in [3.05, 3.63) is 41.0 Å². The van der Waals surface area contributed by atoms with Crippen LogP contribution in [0, 0.1) is 12.8 Å². The van der Waals surface area contributed by atoms with E-state index >= 15 is 0 Å². The van der Waals surface area contributed by atoms with Gasteiger partial charge >= 0.3 is 0 Å². The standard InChI is InChI=1S/C18H21NO2/c1-10-3-4-11-9-13-12-5-6-14(20)17-18(12,7-8-19(13)2)15(11)16(10)21-17/h3-6,12-14,17,20H,7-9H2,1-2H3/t12?,13-,14+,17+,18+/m1/s1. The second-order valence-electron chi connectivity index (χ2n) is 7.23. The SMILES string of the molecule is Cc1ccc2c3c1O[C@H]1[C@@H](O)C=CC4[C@@H](C2)N(C)CC[C@@]341. The van der Waals surface area contributed by atoms with Crippen molar-refractivity contribution in [1.29, 1.82) is 0 Å². The molecule has 2 bridgehead atoms. The van der Waals surface area contributed by atoms with Gasteiger partial charge in [0.25, 0.3) is 0 Å². The van der Waals surface area contributed by atoms with Crippen molar-refractivity contribution in [3.63, 3.8) is 0 Å². The fourth-order valence-corrected chi connectivity index (χ4v) is 5.39. The summed E-state index contributed by atoms with van der Waals surface area (Å²) in [5, 5.41) is 10.5. The molecule has 0 radical (unpaired) electrons. The van der Waals surface area contributed by atoms with Crippen LogP contribution < -0.4 is 4.74 Å². The maximum atomic E-state index is 10.5. The van der Waals surface area contributed by atoms with Crippen LogP contribution in [0.5, 0.6) is 5.75 Å². The van der Waals surface area contributed by atoms with E-state index in [-0.39, 0.29) is 11.5 Å². The smallest absolute Gasteiger partial charge is 0.138 e. The van der Waals surface area contributed by atoms with E-state index < -0.39 is 6.10 Å². The summed E-state index contributed by atoms with van der Waals surface area (Å²) in [7, 11) is 2.24. The molecule has 1 unspecified atom stereocenters. The van der Waals surface area contributed by atoms with E-state index in [9.17, 15) is 5.11 Å². The minimum atomic E-state index is -0.483. The molecule has 110 valence electrons. The molecule has 0 amide bonds. The van der Waals surface area contributed by atoms with Crippen LogP contribution in [-0.4, -0.2) is 41.8 Å². The summed E-state index contributed by atoms with van der Waals surface area (Å²) < 4.78 is 6.34. The summed E-state index contributed by atoms with van der Waals surface area (Å²) >= 11 is 0. The molecular weight excluding hydrogens is 262 g/mol. The van der Waals surface area contributed by atoms with Gasteiger partial charge in [-0.2, -0.15) is 0 Å². The Hall–Kier alpha value is -1.32. The number of likely N-dealkylation sites (N-methyl/N-ethyl adjacent to an activating group) is 1. The van der Waals surface area contributed by atoms with E-state index in [1.54, 1.807) is 0 Å². The number of aliphatic hydroxyl groups excluding tert-OH is 1. The molecule has 1 aromatic carbocycles. The second-order valence-corrected chi connectivity index (χ2v) is 7.23. The van der Waals surface area contributed by atoms with Gasteiger partial charge in [0.1, 0.15) is 18.0 Å². The number of hydrogen-bond donors (Lipinski definition) is 1. The highest BCUT2D eigenvalue weighted by Gasteiger charge is 2.63. The molecule has 2 heterocycles. The highest BCUT2D eigenvalue weighted by Crippen LogP contribution is 2.61. The molecule has 3 nitrogen and oxygen atoms in total. The third kappa shape index (κ3) is 1.24. The van der Waals surface area contributed by atoms with E-state index in [0.717, 1.165) is 25.1 Å². The Morgan fingerprint density at radius 1 is 1.33 bits per heavy atom. The first kappa shape index (κ1) is 12.2. The summed E-state index contributed by atoms with van der Waals surface area (Å²) in [5.41, 5.74) is 4.07. The van der Waals surface area contributed by atoms with Crippen molar-refractivity contribution in [3.8, 4) is 5.75 Å². The Morgan fingerprint density at radius 3 is 3.05 bits per heavy atom. The molecule has 0 aromatic heterocycles. The van der Waals surface area contributed by atoms with E-state index in [0.29, 0.717) is 12.0 Å². The van der Waals surface area contributed by atoms with Crippen LogP contribution in [-0.2, 0) is 11.8 Å². The second kappa shape index (κ2) is 3.71. The summed E-state index contributed by atoms with van der Waals surface area (Å²) in [4.78, 5) is 2.50. The van der Waals surface area contributed by atoms with Crippen LogP contribution in [0.2, 0.25) is 0 Å². The number of aryl methyl sites for hydroxylation is 1. The van der Waals surface area contributed by atoms with Crippen LogP contribution >= 0.6 is 0 Å². The molecule has 1 saturated heterocycles. The fraction of sp³-hybridized carbons (Fsp3) is 0.556. The maximum absolute atomic E-state index is 10.5. The summed E-state index contributed by atoms with van der Waals surface area (Å²) in [6.07, 6.45) is 5.83. The largest absolute Gasteiger partial charge is 0.486 e. The van der Waals surface area contributed by atoms with Gasteiger partial charge in [-0.25, -0.2) is 0 Å². The van der Waals surface area contributed by atoms with Gasteiger partial charge in [0, 0.05) is 22.9 Å². The number of aliphatic hydroxyl groups is 1. The zero-order valence-corrected chi connectivity index (χ0v) is 12.5. The van der Waals surface area contributed by atoms with Crippen molar-refractivity contribution < 1.29 is 9.84 Å². The molecule has 1 fully saturated rings. The molecule has 0 saturated carbocycles. The zero-order valence-electron chi connectivity index (χ0n) is 12.5. The molecule has 5 atom stereocenters. The van der Waals surface area contributed by atoms with Crippen LogP contribution in [0.1, 0.15) is 23.1 Å². The Labute approximate surface area is 125 Å². The monoisotopic (exact) mass is 283 g/mol. The average Bonchev–Trinajstić information content (AvgIpc) is 2.83. The van der Waals surface area contributed by atoms with E-state index in [2.05, 4.69) is 37.1 Å². The molecule has 3 heteroatoms. The van der Waals surface area contributed by atoms with E-state index in [1.807, 2.05) is 6.08 Å². The Morgan fingerprint density at radius 2 is 2.19 bits per heavy atom. The van der Waals surface area contributed by atoms with Gasteiger partial charge in [-0.1, -0.05) is 24.3 Å². The van der Waals surface area contributed by atoms with Crippen molar-refractivity contribution in [1.82, 2.24) is 4.90 Å². The third-order valence-corrected chi connectivity index (χ3v) is 6.37. The minimum Gasteiger partial charge on any atom is -0.486 e. The van der Waals surface area contributed by atoms with Crippen molar-refractivity contribution in [2.45, 2.75) is 43.4 Å². The Bertz CT molecular complexity index is 667. The Kier molecular flexibility index (Phi) is 2.16. The van der Waals surface area contributed by atoms with Crippen LogP contribution in [0.25, 0.3) is 0 Å². The number of likely N-dealkylation sites (tertiary alicyclic amines) is 1. The molecule has 4 aliphatic rings. The number of hydrogen-bond acceptors (Lipinski definition) is 3. The lowest BCUT2D eigenvalue weighted by atomic mass is 9.53. The number of nitrogens with zero attached hydrogens (tertiary/aromatic N) is 1. The lowest BCUT2D eigenvalue weighted by Gasteiger charge is -2.56. The van der Waals surface area contributed by atoms with Crippen molar-refractivity contribution in [2.75, 3.05) is 13.6 Å². The summed E-state index contributed by atoms with van der Waals surface area (Å²) in [6.45, 7) is 3.22. The van der Waals surface area contributed by atoms with Gasteiger partial charge in [0.15, 0.2) is 0 Å². The fourth-order valence-electron chi connectivity index (χ4n) is 5.39. The topological polar surface area (TPSA) is 32.7 Å². The van der Waals surface area contributed by atoms with Crippen molar-refractivity contribution >= 4 is 0 Å². The van der Waals surface area contributed by atoms with Crippen LogP contribution in [0.15, 0.2) is 24.3 Å². The van der Waals surface area contributed by atoms with E-state index in [1.165, 1.54) is 16.7 Å². The molecule has 5 rings (SSSR count). The quantitative estimate of drug-likeness (QED) is 0.737. The molecule has 1 N–H and O–H groups in total. The van der Waals surface area contributed by atoms with Crippen LogP contribution in [0.3, 0.4) is 0 Å². The zero-order chi connectivity index (χ0) is 14.4. The number of ether oxygens (including phenoxy) is 1. The highest BCUT2D eigenvalue weighted by atomic mass is 16.5. The first-order chi connectivity index (χ1) is 10.1.